The lowest BCUT2D eigenvalue weighted by Gasteiger charge is -2.40. The number of guanidine groups is 2. The summed E-state index contributed by atoms with van der Waals surface area (Å²) in [7, 11) is -5.26. The Bertz CT molecular complexity index is 810. The Labute approximate surface area is 146 Å². The molecule has 3 aliphatic rings. The van der Waals surface area contributed by atoms with Gasteiger partial charge in [0, 0.05) is 0 Å². The van der Waals surface area contributed by atoms with E-state index < -0.39 is 52.7 Å². The van der Waals surface area contributed by atoms with Gasteiger partial charge in [-0.1, -0.05) is 0 Å². The SMILES string of the molecule is NC(=O)OC[C@@H]1NC(N)=[N+]2C[C@H](OS(=O)(=O)[O-])C(O)(O)[C@@]23NC(N)=[NH+][C@@H]13. The van der Waals surface area contributed by atoms with E-state index >= 15 is 0 Å². The zero-order chi connectivity index (χ0) is 19.5. The van der Waals surface area contributed by atoms with E-state index in [9.17, 15) is 28.0 Å². The predicted octanol–water partition coefficient (Wildman–Crippen LogP) is -8.02. The summed E-state index contributed by atoms with van der Waals surface area (Å²) in [5, 5.41) is 26.7. The van der Waals surface area contributed by atoms with Crippen molar-refractivity contribution < 1.29 is 46.5 Å². The van der Waals surface area contributed by atoms with E-state index in [0.717, 1.165) is 4.58 Å². The Morgan fingerprint density at radius 3 is 2.69 bits per heavy atom. The van der Waals surface area contributed by atoms with Gasteiger partial charge in [-0.25, -0.2) is 23.1 Å². The van der Waals surface area contributed by atoms with Gasteiger partial charge in [-0.3, -0.25) is 26.0 Å². The normalized spacial score (nSPS) is 35.0. The van der Waals surface area contributed by atoms with Crippen LogP contribution in [0.15, 0.2) is 0 Å². The van der Waals surface area contributed by atoms with Crippen molar-refractivity contribution >= 4 is 28.4 Å². The van der Waals surface area contributed by atoms with Crippen LogP contribution in [0.3, 0.4) is 0 Å². The highest BCUT2D eigenvalue weighted by Crippen LogP contribution is 2.39. The van der Waals surface area contributed by atoms with Crippen LogP contribution in [0.2, 0.25) is 0 Å². The van der Waals surface area contributed by atoms with Crippen LogP contribution < -0.4 is 32.8 Å². The van der Waals surface area contributed by atoms with Crippen LogP contribution >= 0.6 is 0 Å². The van der Waals surface area contributed by atoms with Gasteiger partial charge in [0.25, 0.3) is 11.4 Å². The fourth-order valence-corrected chi connectivity index (χ4v) is 4.09. The first-order valence-electron chi connectivity index (χ1n) is 7.23. The molecule has 3 aliphatic heterocycles. The number of rotatable bonds is 4. The van der Waals surface area contributed by atoms with Gasteiger partial charge in [0.05, 0.1) is 0 Å². The van der Waals surface area contributed by atoms with Gasteiger partial charge in [0.1, 0.15) is 19.2 Å². The molecule has 0 aromatic rings. The van der Waals surface area contributed by atoms with Crippen molar-refractivity contribution in [2.45, 2.75) is 29.6 Å². The highest BCUT2D eigenvalue weighted by atomic mass is 32.3. The van der Waals surface area contributed by atoms with E-state index in [2.05, 4.69) is 19.8 Å². The summed E-state index contributed by atoms with van der Waals surface area (Å²) >= 11 is 0. The Morgan fingerprint density at radius 2 is 2.12 bits per heavy atom. The molecule has 1 fully saturated rings. The molecule has 3 rings (SSSR count). The standard InChI is InChI=1S/C10H17N7O8S/c11-6-15-5-3(2-24-8(13)18)14-7(12)17-1-4(25-26(21,22)23)10(19,20)9(5,17)16-6/h3-5,19-20H,1-2H2,(H8,11,12,13,14,15,16,18,21,22,23)/p+1/t3-,4-,5-,9-/m0/s1. The topological polar surface area (TPSA) is 252 Å². The highest BCUT2D eigenvalue weighted by molar-refractivity contribution is 7.80. The molecule has 0 aromatic carbocycles. The van der Waals surface area contributed by atoms with Crippen molar-refractivity contribution in [3.8, 4) is 0 Å². The van der Waals surface area contributed by atoms with Crippen molar-refractivity contribution in [1.29, 1.82) is 0 Å². The summed E-state index contributed by atoms with van der Waals surface area (Å²) < 4.78 is 43.0. The number of carbonyl (C=O) groups excluding carboxylic acids is 1. The van der Waals surface area contributed by atoms with E-state index in [1.165, 1.54) is 0 Å². The molecule has 0 saturated carbocycles. The average Bonchev–Trinajstić information content (AvgIpc) is 2.93. The molecule has 26 heavy (non-hydrogen) atoms. The molecule has 0 aliphatic carbocycles. The molecule has 11 N–H and O–H groups in total. The van der Waals surface area contributed by atoms with Crippen LogP contribution in [0.4, 0.5) is 4.79 Å². The number of hydrogen-bond acceptors (Lipinski definition) is 12. The van der Waals surface area contributed by atoms with Crippen LogP contribution in [0, 0.1) is 0 Å². The molecule has 0 radical (unpaired) electrons. The monoisotopic (exact) mass is 396 g/mol. The smallest absolute Gasteiger partial charge is 0.404 e. The first kappa shape index (κ1) is 18.4. The summed E-state index contributed by atoms with van der Waals surface area (Å²) in [4.78, 5) is 13.6. The Morgan fingerprint density at radius 1 is 1.46 bits per heavy atom. The second kappa shape index (κ2) is 5.55. The Balaban J connectivity index is 2.05. The Hall–Kier alpha value is -2.40. The second-order valence-corrected chi connectivity index (χ2v) is 7.03. The van der Waals surface area contributed by atoms with Gasteiger partial charge in [0.15, 0.2) is 12.1 Å². The number of aliphatic hydroxyl groups is 2. The molecule has 1 saturated heterocycles. The molecule has 146 valence electrons. The lowest BCUT2D eigenvalue weighted by atomic mass is 9.86. The zero-order valence-electron chi connectivity index (χ0n) is 13.1. The largest absolute Gasteiger partial charge is 0.726 e. The average molecular weight is 396 g/mol. The van der Waals surface area contributed by atoms with E-state index in [4.69, 9.17) is 21.9 Å². The quantitative estimate of drug-likeness (QED) is 0.0954. The summed E-state index contributed by atoms with van der Waals surface area (Å²) in [5.41, 5.74) is 14.6. The summed E-state index contributed by atoms with van der Waals surface area (Å²) in [6.45, 7) is -0.811. The molecule has 0 bridgehead atoms. The van der Waals surface area contributed by atoms with Gasteiger partial charge in [-0.05, 0) is 0 Å². The zero-order valence-corrected chi connectivity index (χ0v) is 13.9. The van der Waals surface area contributed by atoms with Crippen molar-refractivity contribution in [2.75, 3.05) is 13.2 Å². The van der Waals surface area contributed by atoms with E-state index in [1.807, 2.05) is 0 Å². The van der Waals surface area contributed by atoms with Crippen molar-refractivity contribution in [2.24, 2.45) is 17.2 Å². The minimum Gasteiger partial charge on any atom is -0.726 e. The van der Waals surface area contributed by atoms with Gasteiger partial charge in [0.2, 0.25) is 10.4 Å². The van der Waals surface area contributed by atoms with Crippen LogP contribution in [-0.2, 0) is 19.3 Å². The molecular weight excluding hydrogens is 378 g/mol. The van der Waals surface area contributed by atoms with E-state index in [1.54, 1.807) is 0 Å². The number of primary amides is 1. The first-order valence-corrected chi connectivity index (χ1v) is 8.56. The van der Waals surface area contributed by atoms with Crippen LogP contribution in [0.1, 0.15) is 0 Å². The molecule has 0 unspecified atom stereocenters. The van der Waals surface area contributed by atoms with E-state index in [-0.39, 0.29) is 18.5 Å². The molecule has 15 nitrogen and oxygen atoms in total. The fraction of sp³-hybridized carbons (Fsp3) is 0.700. The number of carbonyl (C=O) groups is 1. The summed E-state index contributed by atoms with van der Waals surface area (Å²) in [5.74, 6) is -3.18. The van der Waals surface area contributed by atoms with Gasteiger partial charge >= 0.3 is 18.0 Å². The number of nitrogens with two attached hydrogens (primary N) is 3. The highest BCUT2D eigenvalue weighted by Gasteiger charge is 2.78. The molecule has 16 heteroatoms. The maximum Gasteiger partial charge on any atom is 0.404 e. The lowest BCUT2D eigenvalue weighted by molar-refractivity contribution is -0.674. The molecule has 3 heterocycles. The molecule has 1 amide bonds. The maximum absolute atomic E-state index is 10.9. The first-order chi connectivity index (χ1) is 11.9. The van der Waals surface area contributed by atoms with Crippen molar-refractivity contribution in [1.82, 2.24) is 10.6 Å². The van der Waals surface area contributed by atoms with E-state index in [0.29, 0.717) is 0 Å². The third-order valence-electron chi connectivity index (χ3n) is 4.54. The summed E-state index contributed by atoms with van der Waals surface area (Å²) in [6, 6.07) is -1.86. The fourth-order valence-electron chi connectivity index (χ4n) is 3.61. The lowest BCUT2D eigenvalue weighted by Crippen LogP contribution is -2.91. The minimum absolute atomic E-state index is 0.0984. The minimum atomic E-state index is -5.26. The number of nitrogens with zero attached hydrogens (tertiary/aromatic N) is 1. The van der Waals surface area contributed by atoms with Crippen molar-refractivity contribution in [3.63, 3.8) is 0 Å². The predicted molar refractivity (Wildman–Crippen MR) is 78.3 cm³/mol. The second-order valence-electron chi connectivity index (χ2n) is 6.02. The molecule has 1 spiro atoms. The third kappa shape index (κ3) is 2.58. The molecular formula is C10H18N7O8S+. The van der Waals surface area contributed by atoms with Crippen LogP contribution in [0.5, 0.6) is 0 Å². The van der Waals surface area contributed by atoms with Gasteiger partial charge < -0.3 is 25.2 Å². The Kier molecular flexibility index (Phi) is 3.92. The number of ether oxygens (including phenoxy) is 1. The van der Waals surface area contributed by atoms with Crippen molar-refractivity contribution in [3.05, 3.63) is 0 Å². The summed E-state index contributed by atoms with van der Waals surface area (Å²) in [6.07, 6.45) is -2.96. The van der Waals surface area contributed by atoms with Gasteiger partial charge in [-0.15, -0.1) is 0 Å². The van der Waals surface area contributed by atoms with Crippen LogP contribution in [-0.4, -0.2) is 88.6 Å². The molecule has 4 atom stereocenters. The number of amides is 1. The maximum atomic E-state index is 10.9. The number of hydrogen-bond donors (Lipinski definition) is 8. The van der Waals surface area contributed by atoms with Crippen LogP contribution in [0.25, 0.3) is 0 Å². The number of nitrogens with one attached hydrogen (secondary N) is 3. The van der Waals surface area contributed by atoms with Gasteiger partial charge in [-0.2, -0.15) is 0 Å². The third-order valence-corrected chi connectivity index (χ3v) is 5.00. The molecule has 0 aromatic heterocycles.